The zero-order valence-electron chi connectivity index (χ0n) is 6.83. The zero-order valence-corrected chi connectivity index (χ0v) is 9.24. The van der Waals surface area contributed by atoms with Crippen molar-refractivity contribution in [1.82, 2.24) is 0 Å². The van der Waals surface area contributed by atoms with Crippen LogP contribution >= 0.6 is 14.8 Å². The van der Waals surface area contributed by atoms with Crippen molar-refractivity contribution in [3.63, 3.8) is 0 Å². The molecule has 0 saturated carbocycles. The molecule has 2 nitrogen and oxygen atoms in total. The van der Waals surface area contributed by atoms with Crippen LogP contribution in [0.1, 0.15) is 11.1 Å². The van der Waals surface area contributed by atoms with Crippen molar-refractivity contribution < 1.29 is 8.42 Å². The fourth-order valence-electron chi connectivity index (χ4n) is 1.07. The summed E-state index contributed by atoms with van der Waals surface area (Å²) in [4.78, 5) is 0.341. The molecule has 4 heteroatoms. The lowest BCUT2D eigenvalue weighted by Gasteiger charge is -2.01. The standard InChI is InChI=1S/C8H9BrO2S/c1-6-3-4-8(7(2)5-6)12(9,10)11/h3-5H,1-2H3. The van der Waals surface area contributed by atoms with E-state index in [0.29, 0.717) is 4.90 Å². The van der Waals surface area contributed by atoms with Crippen LogP contribution in [-0.4, -0.2) is 8.42 Å². The van der Waals surface area contributed by atoms with Gasteiger partial charge < -0.3 is 0 Å². The van der Waals surface area contributed by atoms with Gasteiger partial charge in [-0.05, 0) is 25.5 Å². The smallest absolute Gasteiger partial charge is 0.212 e. The summed E-state index contributed by atoms with van der Waals surface area (Å²) < 4.78 is 22.2. The topological polar surface area (TPSA) is 34.1 Å². The Morgan fingerprint density at radius 3 is 2.25 bits per heavy atom. The molecule has 0 fully saturated rings. The van der Waals surface area contributed by atoms with Crippen molar-refractivity contribution in [3.05, 3.63) is 29.3 Å². The van der Waals surface area contributed by atoms with Crippen molar-refractivity contribution >= 4 is 23.1 Å². The van der Waals surface area contributed by atoms with Crippen molar-refractivity contribution in [3.8, 4) is 0 Å². The van der Waals surface area contributed by atoms with E-state index in [1.54, 1.807) is 19.1 Å². The van der Waals surface area contributed by atoms with E-state index in [-0.39, 0.29) is 0 Å². The minimum Gasteiger partial charge on any atom is -0.212 e. The fourth-order valence-corrected chi connectivity index (χ4v) is 2.84. The second-order valence-electron chi connectivity index (χ2n) is 2.71. The molecule has 0 radical (unpaired) electrons. The Labute approximate surface area is 79.7 Å². The van der Waals surface area contributed by atoms with Crippen LogP contribution in [0.3, 0.4) is 0 Å². The van der Waals surface area contributed by atoms with E-state index in [2.05, 4.69) is 14.8 Å². The third-order valence-corrected chi connectivity index (χ3v) is 3.62. The predicted molar refractivity (Wildman–Crippen MR) is 52.0 cm³/mol. The molecule has 0 saturated heterocycles. The summed E-state index contributed by atoms with van der Waals surface area (Å²) in [5, 5.41) is 0. The molecular weight excluding hydrogens is 240 g/mol. The molecule has 0 atom stereocenters. The summed E-state index contributed by atoms with van der Waals surface area (Å²) in [6, 6.07) is 5.23. The highest BCUT2D eigenvalue weighted by Gasteiger charge is 2.11. The van der Waals surface area contributed by atoms with Crippen LogP contribution in [0.5, 0.6) is 0 Å². The molecule has 0 N–H and O–H groups in total. The van der Waals surface area contributed by atoms with Crippen LogP contribution in [0.2, 0.25) is 0 Å². The first kappa shape index (κ1) is 9.74. The van der Waals surface area contributed by atoms with Gasteiger partial charge in [0.15, 0.2) is 0 Å². The highest BCUT2D eigenvalue weighted by Crippen LogP contribution is 2.21. The molecule has 1 rings (SSSR count). The molecule has 0 aliphatic rings. The third-order valence-electron chi connectivity index (χ3n) is 1.59. The minimum atomic E-state index is -3.24. The maximum absolute atomic E-state index is 11.1. The molecule has 0 aromatic heterocycles. The first-order valence-electron chi connectivity index (χ1n) is 3.43. The summed E-state index contributed by atoms with van der Waals surface area (Å²) in [5.74, 6) is 0. The number of halogens is 1. The molecule has 0 heterocycles. The average Bonchev–Trinajstić information content (AvgIpc) is 1.83. The van der Waals surface area contributed by atoms with E-state index in [9.17, 15) is 8.42 Å². The molecule has 66 valence electrons. The number of benzene rings is 1. The van der Waals surface area contributed by atoms with Crippen LogP contribution in [-0.2, 0) is 8.27 Å². The number of aryl methyl sites for hydroxylation is 2. The first-order chi connectivity index (χ1) is 5.41. The van der Waals surface area contributed by atoms with Crippen LogP contribution in [0.15, 0.2) is 23.1 Å². The Balaban J connectivity index is 3.39. The van der Waals surface area contributed by atoms with E-state index in [1.807, 2.05) is 13.0 Å². The van der Waals surface area contributed by atoms with Gasteiger partial charge in [0.2, 0.25) is 8.27 Å². The van der Waals surface area contributed by atoms with Crippen molar-refractivity contribution in [2.75, 3.05) is 0 Å². The van der Waals surface area contributed by atoms with Gasteiger partial charge in [0.1, 0.15) is 0 Å². The van der Waals surface area contributed by atoms with Crippen LogP contribution in [0.25, 0.3) is 0 Å². The van der Waals surface area contributed by atoms with Gasteiger partial charge >= 0.3 is 0 Å². The second kappa shape index (κ2) is 3.18. The molecule has 0 amide bonds. The fraction of sp³-hybridized carbons (Fsp3) is 0.250. The van der Waals surface area contributed by atoms with Gasteiger partial charge in [-0.25, -0.2) is 8.42 Å². The summed E-state index contributed by atoms with van der Waals surface area (Å²) in [7, 11) is -3.24. The summed E-state index contributed by atoms with van der Waals surface area (Å²) in [6.07, 6.45) is 0. The predicted octanol–water partition coefficient (Wildman–Crippen LogP) is 2.39. The lowest BCUT2D eigenvalue weighted by molar-refractivity contribution is 0.611. The summed E-state index contributed by atoms with van der Waals surface area (Å²) in [6.45, 7) is 3.71. The number of hydrogen-bond acceptors (Lipinski definition) is 2. The van der Waals surface area contributed by atoms with Gasteiger partial charge in [-0.1, -0.05) is 17.7 Å². The lowest BCUT2D eigenvalue weighted by atomic mass is 10.2. The largest absolute Gasteiger partial charge is 0.237 e. The number of hydrogen-bond donors (Lipinski definition) is 0. The lowest BCUT2D eigenvalue weighted by Crippen LogP contribution is -1.93. The molecule has 0 unspecified atom stereocenters. The molecular formula is C8H9BrO2S. The molecule has 1 aromatic rings. The molecule has 1 aromatic carbocycles. The zero-order chi connectivity index (χ0) is 9.35. The number of rotatable bonds is 1. The van der Waals surface area contributed by atoms with Crippen LogP contribution < -0.4 is 0 Å². The van der Waals surface area contributed by atoms with E-state index >= 15 is 0 Å². The third kappa shape index (κ3) is 2.08. The van der Waals surface area contributed by atoms with Gasteiger partial charge in [-0.15, -0.1) is 0 Å². The summed E-state index contributed by atoms with van der Waals surface area (Å²) in [5.41, 5.74) is 1.83. The second-order valence-corrected chi connectivity index (χ2v) is 6.58. The van der Waals surface area contributed by atoms with Gasteiger partial charge in [-0.2, -0.15) is 0 Å². The molecule has 0 spiro atoms. The quantitative estimate of drug-likeness (QED) is 0.716. The molecule has 0 aliphatic heterocycles. The van der Waals surface area contributed by atoms with Crippen molar-refractivity contribution in [1.29, 1.82) is 0 Å². The highest BCUT2D eigenvalue weighted by molar-refractivity contribution is 9.47. The highest BCUT2D eigenvalue weighted by atomic mass is 79.9. The van der Waals surface area contributed by atoms with Gasteiger partial charge in [-0.3, -0.25) is 0 Å². The monoisotopic (exact) mass is 248 g/mol. The van der Waals surface area contributed by atoms with Crippen molar-refractivity contribution in [2.45, 2.75) is 18.7 Å². The Kier molecular flexibility index (Phi) is 2.58. The minimum absolute atomic E-state index is 0.341. The summed E-state index contributed by atoms with van der Waals surface area (Å²) >= 11 is 2.63. The van der Waals surface area contributed by atoms with Crippen molar-refractivity contribution in [2.24, 2.45) is 0 Å². The SMILES string of the molecule is Cc1ccc(S(=O)(=O)Br)c(C)c1. The van der Waals surface area contributed by atoms with Gasteiger partial charge in [0.25, 0.3) is 0 Å². The Morgan fingerprint density at radius 1 is 1.25 bits per heavy atom. The molecule has 0 bridgehead atoms. The van der Waals surface area contributed by atoms with E-state index in [0.717, 1.165) is 11.1 Å². The van der Waals surface area contributed by atoms with Crippen LogP contribution in [0.4, 0.5) is 0 Å². The Morgan fingerprint density at radius 2 is 1.83 bits per heavy atom. The Bertz CT molecular complexity index is 396. The molecule has 0 aliphatic carbocycles. The average molecular weight is 249 g/mol. The van der Waals surface area contributed by atoms with Gasteiger partial charge in [0.05, 0.1) is 19.7 Å². The maximum atomic E-state index is 11.1. The van der Waals surface area contributed by atoms with E-state index in [4.69, 9.17) is 0 Å². The molecule has 12 heavy (non-hydrogen) atoms. The van der Waals surface area contributed by atoms with E-state index in [1.165, 1.54) is 0 Å². The first-order valence-corrected chi connectivity index (χ1v) is 6.76. The van der Waals surface area contributed by atoms with Crippen LogP contribution in [0, 0.1) is 13.8 Å². The van der Waals surface area contributed by atoms with Gasteiger partial charge in [0, 0.05) is 0 Å². The maximum Gasteiger partial charge on any atom is 0.237 e. The normalized spacial score (nSPS) is 11.6. The van der Waals surface area contributed by atoms with E-state index < -0.39 is 8.27 Å². The Hall–Kier alpha value is -0.350.